The molecule has 0 aromatic carbocycles. The number of hydrogen-bond acceptors (Lipinski definition) is 2. The Bertz CT molecular complexity index is 178. The zero-order valence-electron chi connectivity index (χ0n) is 10.5. The Morgan fingerprint density at radius 1 is 0.933 bits per heavy atom. The van der Waals surface area contributed by atoms with Crippen molar-refractivity contribution < 1.29 is 8.85 Å². The average Bonchev–Trinajstić information content (AvgIpc) is 2.19. The summed E-state index contributed by atoms with van der Waals surface area (Å²) in [6.45, 7) is 17.5. The van der Waals surface area contributed by atoms with Gasteiger partial charge in [0, 0.05) is 13.2 Å². The maximum atomic E-state index is 5.82. The Balaban J connectivity index is 4.30. The molecule has 0 amide bonds. The third kappa shape index (κ3) is 5.92. The molecule has 0 saturated carbocycles. The van der Waals surface area contributed by atoms with Gasteiger partial charge in [0.25, 0.3) is 0 Å². The molecule has 0 unspecified atom stereocenters. The minimum Gasteiger partial charge on any atom is -0.388 e. The Kier molecular flexibility index (Phi) is 6.81. The highest BCUT2D eigenvalue weighted by Crippen LogP contribution is 2.13. The Labute approximate surface area is 95.2 Å². The van der Waals surface area contributed by atoms with E-state index in [-0.39, 0.29) is 0 Å². The molecule has 0 aliphatic carbocycles. The molecule has 0 rings (SSSR count). The van der Waals surface area contributed by atoms with Gasteiger partial charge < -0.3 is 8.85 Å². The van der Waals surface area contributed by atoms with Crippen molar-refractivity contribution in [2.24, 2.45) is 11.8 Å². The Morgan fingerprint density at radius 2 is 1.27 bits per heavy atom. The molecule has 0 aromatic rings. The summed E-state index contributed by atoms with van der Waals surface area (Å²) in [5.74, 6) is 0.999. The predicted molar refractivity (Wildman–Crippen MR) is 67.7 cm³/mol. The highest BCUT2D eigenvalue weighted by atomic mass is 28.4. The highest BCUT2D eigenvalue weighted by molar-refractivity contribution is 6.77. The number of hydrogen-bond donors (Lipinski definition) is 0. The standard InChI is InChI=1S/C12H24O2Si/c1-7-15(8-2,13-9-11(3)4)14-10-12(5)6/h7-8,11-12H,1-2,9-10H2,3-6H3. The molecule has 0 saturated heterocycles. The summed E-state index contributed by atoms with van der Waals surface area (Å²) in [6.07, 6.45) is 0. The third-order valence-corrected chi connectivity index (χ3v) is 4.23. The second kappa shape index (κ2) is 6.98. The van der Waals surface area contributed by atoms with Gasteiger partial charge in [0.15, 0.2) is 0 Å². The first-order chi connectivity index (χ1) is 6.95. The smallest absolute Gasteiger partial charge is 0.388 e. The third-order valence-electron chi connectivity index (χ3n) is 1.85. The quantitative estimate of drug-likeness (QED) is 0.594. The van der Waals surface area contributed by atoms with Gasteiger partial charge in [-0.3, -0.25) is 0 Å². The van der Waals surface area contributed by atoms with E-state index in [9.17, 15) is 0 Å². The minimum absolute atomic E-state index is 0.499. The Hall–Kier alpha value is -0.383. The van der Waals surface area contributed by atoms with Gasteiger partial charge in [0.05, 0.1) is 0 Å². The van der Waals surface area contributed by atoms with Gasteiger partial charge in [0.1, 0.15) is 0 Å². The minimum atomic E-state index is -2.34. The first kappa shape index (κ1) is 14.6. The summed E-state index contributed by atoms with van der Waals surface area (Å²) in [6, 6.07) is 0. The van der Waals surface area contributed by atoms with Crippen molar-refractivity contribution >= 4 is 8.56 Å². The van der Waals surface area contributed by atoms with Crippen LogP contribution in [0.3, 0.4) is 0 Å². The maximum Gasteiger partial charge on any atom is 0.390 e. The van der Waals surface area contributed by atoms with Gasteiger partial charge in [-0.25, -0.2) is 0 Å². The van der Waals surface area contributed by atoms with Crippen molar-refractivity contribution in [1.29, 1.82) is 0 Å². The molecular weight excluding hydrogens is 204 g/mol. The lowest BCUT2D eigenvalue weighted by Crippen LogP contribution is -2.40. The molecule has 2 nitrogen and oxygen atoms in total. The van der Waals surface area contributed by atoms with Crippen molar-refractivity contribution in [2.75, 3.05) is 13.2 Å². The summed E-state index contributed by atoms with van der Waals surface area (Å²) in [5, 5.41) is 0. The zero-order valence-corrected chi connectivity index (χ0v) is 11.5. The molecule has 0 heterocycles. The molecule has 0 radical (unpaired) electrons. The van der Waals surface area contributed by atoms with Crippen LogP contribution in [0.1, 0.15) is 27.7 Å². The summed E-state index contributed by atoms with van der Waals surface area (Å²) in [4.78, 5) is 0. The van der Waals surface area contributed by atoms with Crippen molar-refractivity contribution in [2.45, 2.75) is 27.7 Å². The van der Waals surface area contributed by atoms with Crippen LogP contribution in [0.15, 0.2) is 24.6 Å². The topological polar surface area (TPSA) is 18.5 Å². The van der Waals surface area contributed by atoms with Crippen molar-refractivity contribution in [3.05, 3.63) is 24.6 Å². The van der Waals surface area contributed by atoms with Gasteiger partial charge in [-0.2, -0.15) is 0 Å². The zero-order chi connectivity index (χ0) is 11.9. The van der Waals surface area contributed by atoms with Gasteiger partial charge in [-0.15, -0.1) is 13.2 Å². The van der Waals surface area contributed by atoms with Crippen LogP contribution < -0.4 is 0 Å². The summed E-state index contributed by atoms with van der Waals surface area (Å²) >= 11 is 0. The van der Waals surface area contributed by atoms with Crippen molar-refractivity contribution in [1.82, 2.24) is 0 Å². The van der Waals surface area contributed by atoms with Gasteiger partial charge in [-0.1, -0.05) is 27.7 Å². The molecule has 88 valence electrons. The first-order valence-corrected chi connectivity index (χ1v) is 7.48. The van der Waals surface area contributed by atoms with E-state index in [1.165, 1.54) is 0 Å². The lowest BCUT2D eigenvalue weighted by Gasteiger charge is -2.26. The van der Waals surface area contributed by atoms with Crippen LogP contribution in [0.2, 0.25) is 0 Å². The normalized spacial score (nSPS) is 12.1. The second-order valence-corrected chi connectivity index (χ2v) is 7.38. The van der Waals surface area contributed by atoms with Crippen LogP contribution >= 0.6 is 0 Å². The van der Waals surface area contributed by atoms with E-state index < -0.39 is 8.56 Å². The molecule has 0 atom stereocenters. The lowest BCUT2D eigenvalue weighted by molar-refractivity contribution is 0.156. The van der Waals surface area contributed by atoms with Crippen LogP contribution in [-0.4, -0.2) is 21.8 Å². The van der Waals surface area contributed by atoms with Crippen LogP contribution in [0, 0.1) is 11.8 Å². The van der Waals surface area contributed by atoms with E-state index in [1.54, 1.807) is 11.4 Å². The molecular formula is C12H24O2Si. The molecule has 15 heavy (non-hydrogen) atoms. The van der Waals surface area contributed by atoms with E-state index in [1.807, 2.05) is 0 Å². The van der Waals surface area contributed by atoms with E-state index >= 15 is 0 Å². The molecule has 0 spiro atoms. The average molecular weight is 228 g/mol. The number of rotatable bonds is 8. The molecule has 0 aliphatic heterocycles. The highest BCUT2D eigenvalue weighted by Gasteiger charge is 2.31. The van der Waals surface area contributed by atoms with E-state index in [0.717, 1.165) is 0 Å². The molecule has 0 aliphatic rings. The van der Waals surface area contributed by atoms with Crippen LogP contribution in [-0.2, 0) is 8.85 Å². The van der Waals surface area contributed by atoms with E-state index in [2.05, 4.69) is 40.9 Å². The molecule has 0 N–H and O–H groups in total. The fourth-order valence-corrected chi connectivity index (χ4v) is 2.86. The largest absolute Gasteiger partial charge is 0.390 e. The molecule has 0 fully saturated rings. The fourth-order valence-electron chi connectivity index (χ4n) is 0.955. The Morgan fingerprint density at radius 3 is 1.47 bits per heavy atom. The van der Waals surface area contributed by atoms with Crippen LogP contribution in [0.25, 0.3) is 0 Å². The fraction of sp³-hybridized carbons (Fsp3) is 0.667. The van der Waals surface area contributed by atoms with Crippen molar-refractivity contribution in [3.8, 4) is 0 Å². The van der Waals surface area contributed by atoms with Gasteiger partial charge in [-0.05, 0) is 23.2 Å². The first-order valence-electron chi connectivity index (χ1n) is 5.51. The molecule has 0 aromatic heterocycles. The molecule has 3 heteroatoms. The van der Waals surface area contributed by atoms with Crippen molar-refractivity contribution in [3.63, 3.8) is 0 Å². The monoisotopic (exact) mass is 228 g/mol. The summed E-state index contributed by atoms with van der Waals surface area (Å²) < 4.78 is 11.6. The lowest BCUT2D eigenvalue weighted by atomic mass is 10.2. The predicted octanol–water partition coefficient (Wildman–Crippen LogP) is 3.22. The van der Waals surface area contributed by atoms with E-state index in [0.29, 0.717) is 25.0 Å². The van der Waals surface area contributed by atoms with E-state index in [4.69, 9.17) is 8.85 Å². The summed E-state index contributed by atoms with van der Waals surface area (Å²) in [5.41, 5.74) is 3.59. The van der Waals surface area contributed by atoms with Gasteiger partial charge in [0.2, 0.25) is 0 Å². The SMILES string of the molecule is C=C[Si](C=C)(OCC(C)C)OCC(C)C. The van der Waals surface area contributed by atoms with Crippen LogP contribution in [0.5, 0.6) is 0 Å². The molecule has 0 bridgehead atoms. The maximum absolute atomic E-state index is 5.82. The van der Waals surface area contributed by atoms with Gasteiger partial charge >= 0.3 is 8.56 Å². The summed E-state index contributed by atoms with van der Waals surface area (Å²) in [7, 11) is -2.34. The van der Waals surface area contributed by atoms with Crippen LogP contribution in [0.4, 0.5) is 0 Å². The second-order valence-electron chi connectivity index (χ2n) is 4.54.